The molecule has 0 aliphatic carbocycles. The van der Waals surface area contributed by atoms with Gasteiger partial charge in [-0.05, 0) is 13.3 Å². The molecule has 0 radical (unpaired) electrons. The van der Waals surface area contributed by atoms with E-state index in [2.05, 4.69) is 6.92 Å². The highest BCUT2D eigenvalue weighted by atomic mass is 16.5. The van der Waals surface area contributed by atoms with E-state index in [-0.39, 0.29) is 6.10 Å². The number of aliphatic carboxylic acids is 1. The quantitative estimate of drug-likeness (QED) is 0.671. The maximum Gasteiger partial charge on any atom is 0.300 e. The number of carbonyl (C=O) groups is 1. The van der Waals surface area contributed by atoms with Crippen molar-refractivity contribution in [2.24, 2.45) is 0 Å². The van der Waals surface area contributed by atoms with Crippen LogP contribution in [0.25, 0.3) is 0 Å². The van der Waals surface area contributed by atoms with E-state index >= 15 is 0 Å². The van der Waals surface area contributed by atoms with Crippen LogP contribution in [-0.4, -0.2) is 37.5 Å². The molecule has 1 atom stereocenters. The van der Waals surface area contributed by atoms with Gasteiger partial charge in [-0.3, -0.25) is 4.79 Å². The van der Waals surface area contributed by atoms with Crippen LogP contribution in [0.4, 0.5) is 0 Å². The van der Waals surface area contributed by atoms with E-state index in [1.54, 1.807) is 7.11 Å². The van der Waals surface area contributed by atoms with Crippen molar-refractivity contribution < 1.29 is 19.4 Å². The lowest BCUT2D eigenvalue weighted by molar-refractivity contribution is -0.134. The molecule has 0 saturated carbocycles. The van der Waals surface area contributed by atoms with Gasteiger partial charge in [-0.15, -0.1) is 0 Å². The molecule has 0 heterocycles. The third kappa shape index (κ3) is 24.6. The highest BCUT2D eigenvalue weighted by Gasteiger charge is 1.96. The number of methoxy groups -OCH3 is 1. The van der Waals surface area contributed by atoms with Crippen LogP contribution in [0.15, 0.2) is 0 Å². The summed E-state index contributed by atoms with van der Waals surface area (Å²) < 4.78 is 10.2. The van der Waals surface area contributed by atoms with Crippen molar-refractivity contribution in [3.8, 4) is 0 Å². The van der Waals surface area contributed by atoms with E-state index in [4.69, 9.17) is 19.4 Å². The molecule has 0 spiro atoms. The van der Waals surface area contributed by atoms with Gasteiger partial charge in [-0.1, -0.05) is 6.92 Å². The Morgan fingerprint density at radius 1 is 1.54 bits per heavy atom. The van der Waals surface area contributed by atoms with E-state index in [9.17, 15) is 0 Å². The Balaban J connectivity index is 0. The Morgan fingerprint density at radius 3 is 2.31 bits per heavy atom. The smallest absolute Gasteiger partial charge is 0.300 e. The fraction of sp³-hybridized carbons (Fsp3) is 0.889. The zero-order valence-electron chi connectivity index (χ0n) is 8.87. The lowest BCUT2D eigenvalue weighted by Crippen LogP contribution is -2.13. The molecular weight excluding hydrogens is 172 g/mol. The van der Waals surface area contributed by atoms with Crippen molar-refractivity contribution in [2.45, 2.75) is 33.3 Å². The number of hydrogen-bond donors (Lipinski definition) is 1. The number of carboxylic acid groups (broad SMARTS) is 1. The first-order valence-electron chi connectivity index (χ1n) is 4.34. The Bertz CT molecular complexity index is 110. The first-order chi connectivity index (χ1) is 6.04. The normalized spacial score (nSPS) is 11.4. The Kier molecular flexibility index (Phi) is 13.0. The van der Waals surface area contributed by atoms with Crippen LogP contribution in [-0.2, 0) is 14.3 Å². The molecule has 0 aliphatic heterocycles. The molecule has 4 heteroatoms. The van der Waals surface area contributed by atoms with Crippen LogP contribution in [0.3, 0.4) is 0 Å². The van der Waals surface area contributed by atoms with Gasteiger partial charge < -0.3 is 14.6 Å². The summed E-state index contributed by atoms with van der Waals surface area (Å²) >= 11 is 0. The lowest BCUT2D eigenvalue weighted by Gasteiger charge is -2.08. The fourth-order valence-electron chi connectivity index (χ4n) is 0.462. The molecule has 4 nitrogen and oxygen atoms in total. The molecule has 1 N–H and O–H groups in total. The molecule has 13 heavy (non-hydrogen) atoms. The van der Waals surface area contributed by atoms with Crippen LogP contribution in [0, 0.1) is 0 Å². The van der Waals surface area contributed by atoms with E-state index < -0.39 is 5.97 Å². The standard InChI is InChI=1S/C7H16O2.C2H4O2/c1-4-5-9-6-7(2)8-3;1-2(3)4/h7H,4-6H2,1-3H3;1H3,(H,3,4). The van der Waals surface area contributed by atoms with E-state index in [1.165, 1.54) is 0 Å². The first kappa shape index (κ1) is 14.9. The van der Waals surface area contributed by atoms with Crippen molar-refractivity contribution in [1.29, 1.82) is 0 Å². The summed E-state index contributed by atoms with van der Waals surface area (Å²) in [6.45, 7) is 6.73. The number of hydrogen-bond acceptors (Lipinski definition) is 3. The van der Waals surface area contributed by atoms with Gasteiger partial charge in [0.1, 0.15) is 0 Å². The average molecular weight is 192 g/mol. The molecule has 80 valence electrons. The molecule has 0 saturated heterocycles. The van der Waals surface area contributed by atoms with Gasteiger partial charge in [-0.25, -0.2) is 0 Å². The second-order valence-electron chi connectivity index (χ2n) is 2.64. The van der Waals surface area contributed by atoms with Crippen LogP contribution in [0.1, 0.15) is 27.2 Å². The first-order valence-corrected chi connectivity index (χ1v) is 4.34. The predicted octanol–water partition coefficient (Wildman–Crippen LogP) is 1.54. The Hall–Kier alpha value is -0.610. The fourth-order valence-corrected chi connectivity index (χ4v) is 0.462. The van der Waals surface area contributed by atoms with Crippen LogP contribution in [0.5, 0.6) is 0 Å². The van der Waals surface area contributed by atoms with Gasteiger partial charge >= 0.3 is 0 Å². The van der Waals surface area contributed by atoms with Gasteiger partial charge in [0.05, 0.1) is 12.7 Å². The molecule has 0 aromatic heterocycles. The van der Waals surface area contributed by atoms with E-state index in [0.717, 1.165) is 20.0 Å². The number of ether oxygens (including phenoxy) is 2. The van der Waals surface area contributed by atoms with Crippen molar-refractivity contribution in [2.75, 3.05) is 20.3 Å². The second kappa shape index (κ2) is 11.4. The van der Waals surface area contributed by atoms with E-state index in [0.29, 0.717) is 6.61 Å². The Morgan fingerprint density at radius 2 is 2.00 bits per heavy atom. The van der Waals surface area contributed by atoms with Gasteiger partial charge in [0, 0.05) is 20.6 Å². The minimum atomic E-state index is -0.833. The summed E-state index contributed by atoms with van der Waals surface area (Å²) in [6.07, 6.45) is 1.31. The molecule has 0 aromatic rings. The summed E-state index contributed by atoms with van der Waals surface area (Å²) in [4.78, 5) is 9.00. The van der Waals surface area contributed by atoms with Gasteiger partial charge in [0.2, 0.25) is 0 Å². The molecule has 0 aliphatic rings. The summed E-state index contributed by atoms with van der Waals surface area (Å²) in [5.41, 5.74) is 0. The molecule has 0 rings (SSSR count). The van der Waals surface area contributed by atoms with Gasteiger partial charge in [0.25, 0.3) is 5.97 Å². The molecule has 0 fully saturated rings. The molecular formula is C9H20O4. The highest BCUT2D eigenvalue weighted by Crippen LogP contribution is 1.89. The predicted molar refractivity (Wildman–Crippen MR) is 50.9 cm³/mol. The summed E-state index contributed by atoms with van der Waals surface area (Å²) in [7, 11) is 1.69. The maximum absolute atomic E-state index is 9.00. The minimum absolute atomic E-state index is 0.233. The minimum Gasteiger partial charge on any atom is -0.481 e. The van der Waals surface area contributed by atoms with Gasteiger partial charge in [0.15, 0.2) is 0 Å². The lowest BCUT2D eigenvalue weighted by atomic mass is 10.4. The summed E-state index contributed by atoms with van der Waals surface area (Å²) in [5.74, 6) is -0.833. The molecule has 0 amide bonds. The third-order valence-electron chi connectivity index (χ3n) is 1.10. The van der Waals surface area contributed by atoms with Crippen LogP contribution in [0.2, 0.25) is 0 Å². The third-order valence-corrected chi connectivity index (χ3v) is 1.10. The average Bonchev–Trinajstić information content (AvgIpc) is 2.03. The largest absolute Gasteiger partial charge is 0.481 e. The molecule has 1 unspecified atom stereocenters. The zero-order chi connectivity index (χ0) is 10.7. The van der Waals surface area contributed by atoms with Gasteiger partial charge in [-0.2, -0.15) is 0 Å². The molecule has 0 bridgehead atoms. The number of rotatable bonds is 5. The molecule has 0 aromatic carbocycles. The summed E-state index contributed by atoms with van der Waals surface area (Å²) in [5, 5.41) is 7.42. The van der Waals surface area contributed by atoms with Crippen molar-refractivity contribution in [1.82, 2.24) is 0 Å². The van der Waals surface area contributed by atoms with Crippen molar-refractivity contribution >= 4 is 5.97 Å². The monoisotopic (exact) mass is 192 g/mol. The van der Waals surface area contributed by atoms with Crippen molar-refractivity contribution in [3.63, 3.8) is 0 Å². The van der Waals surface area contributed by atoms with Crippen molar-refractivity contribution in [3.05, 3.63) is 0 Å². The number of carboxylic acids is 1. The summed E-state index contributed by atoms with van der Waals surface area (Å²) in [6, 6.07) is 0. The Labute approximate surface area is 79.8 Å². The van der Waals surface area contributed by atoms with Crippen LogP contribution < -0.4 is 0 Å². The second-order valence-corrected chi connectivity index (χ2v) is 2.64. The maximum atomic E-state index is 9.00. The zero-order valence-corrected chi connectivity index (χ0v) is 8.87. The van der Waals surface area contributed by atoms with Crippen LogP contribution >= 0.6 is 0 Å². The van der Waals surface area contributed by atoms with E-state index in [1.807, 2.05) is 6.92 Å². The SMILES string of the molecule is CC(=O)O.CCCOCC(C)OC. The topological polar surface area (TPSA) is 55.8 Å². The highest BCUT2D eigenvalue weighted by molar-refractivity contribution is 5.62.